The van der Waals surface area contributed by atoms with Crippen molar-refractivity contribution in [3.05, 3.63) is 35.6 Å². The fourth-order valence-corrected chi connectivity index (χ4v) is 3.26. The minimum Gasteiger partial charge on any atom is -0.378 e. The number of amides is 1. The van der Waals surface area contributed by atoms with Crippen LogP contribution in [0.5, 0.6) is 0 Å². The Balaban J connectivity index is 0.00000420. The molecule has 0 aromatic heterocycles. The van der Waals surface area contributed by atoms with Gasteiger partial charge in [0, 0.05) is 33.3 Å². The highest BCUT2D eigenvalue weighted by Gasteiger charge is 2.13. The van der Waals surface area contributed by atoms with Gasteiger partial charge in [-0.05, 0) is 37.0 Å². The van der Waals surface area contributed by atoms with Gasteiger partial charge in [0.25, 0.3) is 0 Å². The highest BCUT2D eigenvalue weighted by atomic mass is 127. The lowest BCUT2D eigenvalue weighted by molar-refractivity contribution is -0.120. The van der Waals surface area contributed by atoms with Gasteiger partial charge in [-0.15, -0.1) is 24.0 Å². The summed E-state index contributed by atoms with van der Waals surface area (Å²) < 4.78 is 19.0. The molecule has 3 N–H and O–H groups in total. The van der Waals surface area contributed by atoms with E-state index in [0.717, 1.165) is 19.6 Å². The Hall–Kier alpha value is -1.42. The topological polar surface area (TPSA) is 74.8 Å². The van der Waals surface area contributed by atoms with Crippen LogP contribution in [0.25, 0.3) is 0 Å². The summed E-state index contributed by atoms with van der Waals surface area (Å²) in [6.07, 6.45) is 7.86. The van der Waals surface area contributed by atoms with E-state index in [9.17, 15) is 9.18 Å². The Morgan fingerprint density at radius 2 is 1.86 bits per heavy atom. The SMILES string of the molecule is CN=C(NCCCOC1CCCCC1)NCCNC(=O)Cc1cccc(F)c1.I. The van der Waals surface area contributed by atoms with Gasteiger partial charge in [-0.1, -0.05) is 31.4 Å². The molecular formula is C21H34FIN4O2. The largest absolute Gasteiger partial charge is 0.378 e. The van der Waals surface area contributed by atoms with Crippen molar-refractivity contribution in [1.82, 2.24) is 16.0 Å². The Morgan fingerprint density at radius 3 is 2.59 bits per heavy atom. The standard InChI is InChI=1S/C21H33FN4O2.HI/c1-23-21(25-11-6-14-28-19-9-3-2-4-10-19)26-13-12-24-20(27)16-17-7-5-8-18(22)15-17;/h5,7-8,15,19H,2-4,6,9-14,16H2,1H3,(H,24,27)(H2,23,25,26);1H. The maximum absolute atomic E-state index is 13.1. The van der Waals surface area contributed by atoms with E-state index in [0.29, 0.717) is 30.7 Å². The summed E-state index contributed by atoms with van der Waals surface area (Å²) in [5, 5.41) is 9.22. The molecule has 2 rings (SSSR count). The summed E-state index contributed by atoms with van der Waals surface area (Å²) >= 11 is 0. The van der Waals surface area contributed by atoms with Crippen LogP contribution in [-0.2, 0) is 16.0 Å². The number of halogens is 2. The molecule has 29 heavy (non-hydrogen) atoms. The van der Waals surface area contributed by atoms with Crippen LogP contribution in [0.15, 0.2) is 29.3 Å². The third-order valence-corrected chi connectivity index (χ3v) is 4.74. The second-order valence-electron chi connectivity index (χ2n) is 7.07. The average molecular weight is 520 g/mol. The van der Waals surface area contributed by atoms with E-state index in [4.69, 9.17) is 4.74 Å². The van der Waals surface area contributed by atoms with E-state index < -0.39 is 0 Å². The summed E-state index contributed by atoms with van der Waals surface area (Å²) in [5.74, 6) is 0.248. The van der Waals surface area contributed by atoms with Crippen molar-refractivity contribution >= 4 is 35.8 Å². The Labute approximate surface area is 190 Å². The van der Waals surface area contributed by atoms with Gasteiger partial charge in [0.1, 0.15) is 5.82 Å². The first-order valence-corrected chi connectivity index (χ1v) is 10.2. The molecule has 6 nitrogen and oxygen atoms in total. The van der Waals surface area contributed by atoms with Gasteiger partial charge in [0.15, 0.2) is 5.96 Å². The van der Waals surface area contributed by atoms with Crippen molar-refractivity contribution < 1.29 is 13.9 Å². The zero-order valence-electron chi connectivity index (χ0n) is 17.2. The molecule has 0 heterocycles. The van der Waals surface area contributed by atoms with E-state index in [-0.39, 0.29) is 42.1 Å². The van der Waals surface area contributed by atoms with Crippen molar-refractivity contribution in [2.24, 2.45) is 4.99 Å². The van der Waals surface area contributed by atoms with Crippen LogP contribution in [0, 0.1) is 5.82 Å². The van der Waals surface area contributed by atoms with Gasteiger partial charge in [0.2, 0.25) is 5.91 Å². The van der Waals surface area contributed by atoms with Crippen LogP contribution >= 0.6 is 24.0 Å². The molecule has 1 saturated carbocycles. The van der Waals surface area contributed by atoms with Crippen molar-refractivity contribution in [1.29, 1.82) is 0 Å². The summed E-state index contributed by atoms with van der Waals surface area (Å²) in [6.45, 7) is 2.59. The number of guanidine groups is 1. The molecule has 164 valence electrons. The molecule has 0 bridgehead atoms. The lowest BCUT2D eigenvalue weighted by Gasteiger charge is -2.22. The monoisotopic (exact) mass is 520 g/mol. The number of nitrogens with one attached hydrogen (secondary N) is 3. The fourth-order valence-electron chi connectivity index (χ4n) is 3.26. The van der Waals surface area contributed by atoms with Gasteiger partial charge < -0.3 is 20.7 Å². The van der Waals surface area contributed by atoms with Crippen LogP contribution in [0.4, 0.5) is 4.39 Å². The molecule has 1 amide bonds. The number of aliphatic imine (C=N–C) groups is 1. The molecular weight excluding hydrogens is 486 g/mol. The normalized spacial score (nSPS) is 14.8. The molecule has 1 aromatic carbocycles. The minimum atomic E-state index is -0.328. The molecule has 0 unspecified atom stereocenters. The Kier molecular flexibility index (Phi) is 13.6. The number of carbonyl (C=O) groups is 1. The predicted molar refractivity (Wildman–Crippen MR) is 125 cm³/mol. The maximum atomic E-state index is 13.1. The van der Waals surface area contributed by atoms with Crippen LogP contribution in [0.3, 0.4) is 0 Å². The summed E-state index contributed by atoms with van der Waals surface area (Å²) in [6, 6.07) is 6.09. The van der Waals surface area contributed by atoms with E-state index in [1.807, 2.05) is 0 Å². The van der Waals surface area contributed by atoms with Crippen molar-refractivity contribution in [3.63, 3.8) is 0 Å². The Bertz CT molecular complexity index is 624. The van der Waals surface area contributed by atoms with Crippen LogP contribution < -0.4 is 16.0 Å². The van der Waals surface area contributed by atoms with Gasteiger partial charge in [-0.3, -0.25) is 9.79 Å². The van der Waals surface area contributed by atoms with E-state index >= 15 is 0 Å². The molecule has 0 radical (unpaired) electrons. The predicted octanol–water partition coefficient (Wildman–Crippen LogP) is 3.01. The maximum Gasteiger partial charge on any atom is 0.224 e. The lowest BCUT2D eigenvalue weighted by Crippen LogP contribution is -2.42. The summed E-state index contributed by atoms with van der Waals surface area (Å²) in [5.41, 5.74) is 0.665. The third-order valence-electron chi connectivity index (χ3n) is 4.74. The highest BCUT2D eigenvalue weighted by molar-refractivity contribution is 14.0. The minimum absolute atomic E-state index is 0. The molecule has 1 aliphatic carbocycles. The summed E-state index contributed by atoms with van der Waals surface area (Å²) in [7, 11) is 1.72. The number of benzene rings is 1. The number of rotatable bonds is 10. The fraction of sp³-hybridized carbons (Fsp3) is 0.619. The van der Waals surface area contributed by atoms with Gasteiger partial charge in [-0.25, -0.2) is 4.39 Å². The molecule has 0 aliphatic heterocycles. The Morgan fingerprint density at radius 1 is 1.14 bits per heavy atom. The first-order chi connectivity index (χ1) is 13.7. The van der Waals surface area contributed by atoms with Crippen LogP contribution in [-0.4, -0.2) is 51.3 Å². The first kappa shape index (κ1) is 25.6. The average Bonchev–Trinajstić information content (AvgIpc) is 2.70. The molecule has 1 fully saturated rings. The van der Waals surface area contributed by atoms with E-state index in [2.05, 4.69) is 20.9 Å². The van der Waals surface area contributed by atoms with E-state index in [1.165, 1.54) is 44.2 Å². The molecule has 0 spiro atoms. The molecule has 8 heteroatoms. The molecule has 1 aromatic rings. The number of hydrogen-bond acceptors (Lipinski definition) is 3. The number of hydrogen-bond donors (Lipinski definition) is 3. The zero-order chi connectivity index (χ0) is 20.0. The molecule has 0 atom stereocenters. The summed E-state index contributed by atoms with van der Waals surface area (Å²) in [4.78, 5) is 16.1. The number of nitrogens with zero attached hydrogens (tertiary/aromatic N) is 1. The second-order valence-corrected chi connectivity index (χ2v) is 7.07. The van der Waals surface area contributed by atoms with Crippen LogP contribution in [0.1, 0.15) is 44.1 Å². The van der Waals surface area contributed by atoms with Crippen molar-refractivity contribution in [2.45, 2.75) is 51.0 Å². The van der Waals surface area contributed by atoms with Crippen molar-refractivity contribution in [2.75, 3.05) is 33.3 Å². The molecule has 1 aliphatic rings. The van der Waals surface area contributed by atoms with Gasteiger partial charge in [0.05, 0.1) is 12.5 Å². The zero-order valence-corrected chi connectivity index (χ0v) is 19.5. The smallest absolute Gasteiger partial charge is 0.224 e. The molecule has 0 saturated heterocycles. The van der Waals surface area contributed by atoms with Crippen LogP contribution in [0.2, 0.25) is 0 Å². The lowest BCUT2D eigenvalue weighted by atomic mass is 9.98. The first-order valence-electron chi connectivity index (χ1n) is 10.2. The van der Waals surface area contributed by atoms with E-state index in [1.54, 1.807) is 19.2 Å². The highest BCUT2D eigenvalue weighted by Crippen LogP contribution is 2.20. The van der Waals surface area contributed by atoms with Crippen molar-refractivity contribution in [3.8, 4) is 0 Å². The number of carbonyl (C=O) groups excluding carboxylic acids is 1. The third kappa shape index (κ3) is 11.4. The van der Waals surface area contributed by atoms with Gasteiger partial charge >= 0.3 is 0 Å². The quantitative estimate of drug-likeness (QED) is 0.192. The number of ether oxygens (including phenoxy) is 1. The second kappa shape index (κ2) is 15.4. The van der Waals surface area contributed by atoms with Gasteiger partial charge in [-0.2, -0.15) is 0 Å².